The number of aromatic nitrogens is 1. The van der Waals surface area contributed by atoms with E-state index < -0.39 is 0 Å². The van der Waals surface area contributed by atoms with Gasteiger partial charge in [-0.05, 0) is 25.1 Å². The first-order valence-corrected chi connectivity index (χ1v) is 7.88. The van der Waals surface area contributed by atoms with Crippen LogP contribution >= 0.6 is 11.3 Å². The van der Waals surface area contributed by atoms with Crippen LogP contribution in [0, 0.1) is 18.3 Å². The van der Waals surface area contributed by atoms with Gasteiger partial charge >= 0.3 is 0 Å². The third kappa shape index (κ3) is 3.44. The molecule has 0 unspecified atom stereocenters. The molecule has 1 N–H and O–H groups in total. The highest BCUT2D eigenvalue weighted by Crippen LogP contribution is 2.25. The Morgan fingerprint density at radius 2 is 2.00 bits per heavy atom. The van der Waals surface area contributed by atoms with E-state index in [-0.39, 0.29) is 5.91 Å². The molecule has 23 heavy (non-hydrogen) atoms. The molecule has 3 rings (SSSR count). The largest absolute Gasteiger partial charge is 0.298 e. The van der Waals surface area contributed by atoms with Crippen molar-refractivity contribution < 1.29 is 4.79 Å². The van der Waals surface area contributed by atoms with E-state index in [1.165, 1.54) is 16.9 Å². The second-order valence-corrected chi connectivity index (χ2v) is 5.91. The van der Waals surface area contributed by atoms with Crippen molar-refractivity contribution in [2.24, 2.45) is 0 Å². The number of amides is 1. The quantitative estimate of drug-likeness (QED) is 0.785. The van der Waals surface area contributed by atoms with E-state index in [9.17, 15) is 4.79 Å². The number of benzene rings is 2. The second kappa shape index (κ2) is 6.42. The van der Waals surface area contributed by atoms with Crippen LogP contribution < -0.4 is 5.32 Å². The summed E-state index contributed by atoms with van der Waals surface area (Å²) < 4.78 is 0. The van der Waals surface area contributed by atoms with Crippen LogP contribution in [0.2, 0.25) is 0 Å². The first kappa shape index (κ1) is 14.9. The Hall–Kier alpha value is -2.97. The molecule has 2 aromatic carbocycles. The highest BCUT2D eigenvalue weighted by molar-refractivity contribution is 7.14. The van der Waals surface area contributed by atoms with Crippen molar-refractivity contribution in [2.45, 2.75) is 6.92 Å². The van der Waals surface area contributed by atoms with Crippen molar-refractivity contribution in [1.82, 2.24) is 4.98 Å². The summed E-state index contributed by atoms with van der Waals surface area (Å²) in [6.45, 7) is 2.03. The lowest BCUT2D eigenvalue weighted by Gasteiger charge is -2.02. The zero-order chi connectivity index (χ0) is 16.2. The first-order valence-electron chi connectivity index (χ1n) is 7.00. The average Bonchev–Trinajstić information content (AvgIpc) is 3.04. The van der Waals surface area contributed by atoms with Crippen LogP contribution in [0.5, 0.6) is 0 Å². The van der Waals surface area contributed by atoms with Gasteiger partial charge in [0.05, 0.1) is 17.3 Å². The molecule has 0 radical (unpaired) electrons. The molecule has 3 aromatic rings. The minimum absolute atomic E-state index is 0.271. The molecule has 1 amide bonds. The molecule has 1 heterocycles. The molecule has 0 aliphatic rings. The molecule has 0 aliphatic carbocycles. The van der Waals surface area contributed by atoms with Crippen LogP contribution in [-0.4, -0.2) is 10.9 Å². The Morgan fingerprint density at radius 3 is 2.74 bits per heavy atom. The molecule has 0 atom stereocenters. The van der Waals surface area contributed by atoms with E-state index in [1.807, 2.05) is 42.6 Å². The van der Waals surface area contributed by atoms with Crippen molar-refractivity contribution in [3.05, 3.63) is 70.6 Å². The number of anilines is 1. The van der Waals surface area contributed by atoms with Crippen molar-refractivity contribution in [1.29, 1.82) is 5.26 Å². The third-order valence-corrected chi connectivity index (χ3v) is 4.08. The standard InChI is InChI=1S/C18H13N3OS/c1-12-5-7-14(8-6-12)16-11-23-18(20-16)21-17(22)15-4-2-3-13(9-15)10-19/h2-9,11H,1H3,(H,20,21,22). The summed E-state index contributed by atoms with van der Waals surface area (Å²) in [5.74, 6) is -0.271. The molecule has 0 spiro atoms. The van der Waals surface area contributed by atoms with Crippen molar-refractivity contribution in [3.8, 4) is 17.3 Å². The van der Waals surface area contributed by atoms with Gasteiger partial charge in [0.1, 0.15) is 0 Å². The smallest absolute Gasteiger partial charge is 0.257 e. The summed E-state index contributed by atoms with van der Waals surface area (Å²) in [5, 5.41) is 14.1. The fourth-order valence-corrected chi connectivity index (χ4v) is 2.80. The number of nitrogens with one attached hydrogen (secondary N) is 1. The highest BCUT2D eigenvalue weighted by Gasteiger charge is 2.10. The Balaban J connectivity index is 1.77. The normalized spacial score (nSPS) is 10.1. The van der Waals surface area contributed by atoms with E-state index in [0.29, 0.717) is 16.3 Å². The van der Waals surface area contributed by atoms with Gasteiger partial charge in [0.25, 0.3) is 5.91 Å². The minimum Gasteiger partial charge on any atom is -0.298 e. The molecule has 5 heteroatoms. The zero-order valence-electron chi connectivity index (χ0n) is 12.4. The maximum Gasteiger partial charge on any atom is 0.257 e. The molecule has 112 valence electrons. The van der Waals surface area contributed by atoms with Crippen LogP contribution in [0.1, 0.15) is 21.5 Å². The number of rotatable bonds is 3. The Kier molecular flexibility index (Phi) is 4.18. The zero-order valence-corrected chi connectivity index (χ0v) is 13.2. The van der Waals surface area contributed by atoms with Gasteiger partial charge < -0.3 is 0 Å². The predicted octanol–water partition coefficient (Wildman–Crippen LogP) is 4.24. The predicted molar refractivity (Wildman–Crippen MR) is 91.4 cm³/mol. The van der Waals surface area contributed by atoms with E-state index in [0.717, 1.165) is 11.3 Å². The Labute approximate surface area is 138 Å². The number of nitrogens with zero attached hydrogens (tertiary/aromatic N) is 2. The summed E-state index contributed by atoms with van der Waals surface area (Å²) in [6.07, 6.45) is 0. The molecule has 1 aromatic heterocycles. The summed E-state index contributed by atoms with van der Waals surface area (Å²) in [6, 6.07) is 16.7. The fraction of sp³-hybridized carbons (Fsp3) is 0.0556. The van der Waals surface area contributed by atoms with E-state index >= 15 is 0 Å². The molecule has 4 nitrogen and oxygen atoms in total. The van der Waals surface area contributed by atoms with Gasteiger partial charge in [-0.25, -0.2) is 4.98 Å². The highest BCUT2D eigenvalue weighted by atomic mass is 32.1. The summed E-state index contributed by atoms with van der Waals surface area (Å²) >= 11 is 1.37. The van der Waals surface area contributed by atoms with Gasteiger partial charge in [0, 0.05) is 16.5 Å². The third-order valence-electron chi connectivity index (χ3n) is 3.33. The number of carbonyl (C=O) groups excluding carboxylic acids is 1. The fourth-order valence-electron chi connectivity index (χ4n) is 2.09. The maximum absolute atomic E-state index is 12.2. The molecule has 0 aliphatic heterocycles. The van der Waals surface area contributed by atoms with Gasteiger partial charge in [-0.15, -0.1) is 11.3 Å². The first-order chi connectivity index (χ1) is 11.2. The van der Waals surface area contributed by atoms with E-state index in [1.54, 1.807) is 24.3 Å². The summed E-state index contributed by atoms with van der Waals surface area (Å²) in [4.78, 5) is 16.7. The van der Waals surface area contributed by atoms with Crippen LogP contribution in [0.3, 0.4) is 0 Å². The lowest BCUT2D eigenvalue weighted by molar-refractivity contribution is 0.102. The van der Waals surface area contributed by atoms with E-state index in [2.05, 4.69) is 10.3 Å². The van der Waals surface area contributed by atoms with Gasteiger partial charge in [0.2, 0.25) is 0 Å². The van der Waals surface area contributed by atoms with Crippen LogP contribution in [0.15, 0.2) is 53.9 Å². The van der Waals surface area contributed by atoms with Crippen LogP contribution in [0.25, 0.3) is 11.3 Å². The van der Waals surface area contributed by atoms with Gasteiger partial charge in [-0.2, -0.15) is 5.26 Å². The molecule has 0 saturated carbocycles. The lowest BCUT2D eigenvalue weighted by Crippen LogP contribution is -2.11. The molecule has 0 bridgehead atoms. The topological polar surface area (TPSA) is 65.8 Å². The minimum atomic E-state index is -0.271. The van der Waals surface area contributed by atoms with Crippen LogP contribution in [-0.2, 0) is 0 Å². The van der Waals surface area contributed by atoms with Gasteiger partial charge in [0.15, 0.2) is 5.13 Å². The van der Waals surface area contributed by atoms with Gasteiger partial charge in [-0.3, -0.25) is 10.1 Å². The van der Waals surface area contributed by atoms with E-state index in [4.69, 9.17) is 5.26 Å². The molecule has 0 fully saturated rings. The number of aryl methyl sites for hydroxylation is 1. The average molecular weight is 319 g/mol. The Bertz CT molecular complexity index is 891. The number of thiazole rings is 1. The van der Waals surface area contributed by atoms with Crippen LogP contribution in [0.4, 0.5) is 5.13 Å². The monoisotopic (exact) mass is 319 g/mol. The second-order valence-electron chi connectivity index (χ2n) is 5.05. The SMILES string of the molecule is Cc1ccc(-c2csc(NC(=O)c3cccc(C#N)c3)n2)cc1. The molecular weight excluding hydrogens is 306 g/mol. The summed E-state index contributed by atoms with van der Waals surface area (Å²) in [5.41, 5.74) is 3.93. The Morgan fingerprint density at radius 1 is 1.22 bits per heavy atom. The molecule has 0 saturated heterocycles. The lowest BCUT2D eigenvalue weighted by atomic mass is 10.1. The van der Waals surface area contributed by atoms with Crippen molar-refractivity contribution >= 4 is 22.4 Å². The van der Waals surface area contributed by atoms with Crippen molar-refractivity contribution in [2.75, 3.05) is 5.32 Å². The van der Waals surface area contributed by atoms with Crippen molar-refractivity contribution in [3.63, 3.8) is 0 Å². The maximum atomic E-state index is 12.2. The number of carbonyl (C=O) groups is 1. The number of hydrogen-bond donors (Lipinski definition) is 1. The molecular formula is C18H13N3OS. The number of nitriles is 1. The van der Waals surface area contributed by atoms with Gasteiger partial charge in [-0.1, -0.05) is 35.9 Å². The summed E-state index contributed by atoms with van der Waals surface area (Å²) in [7, 11) is 0. The number of hydrogen-bond acceptors (Lipinski definition) is 4.